The van der Waals surface area contributed by atoms with E-state index in [1.54, 1.807) is 0 Å². The van der Waals surface area contributed by atoms with Crippen LogP contribution in [0.4, 0.5) is 0 Å². The Kier molecular flexibility index (Phi) is 13.1. The molecule has 0 atom stereocenters. The first-order valence-corrected chi connectivity index (χ1v) is 18.0. The quantitative estimate of drug-likeness (QED) is 0.168. The van der Waals surface area contributed by atoms with Crippen LogP contribution >= 0.6 is 15.6 Å². The lowest BCUT2D eigenvalue weighted by molar-refractivity contribution is -0.137. The topological polar surface area (TPSA) is 205 Å². The van der Waals surface area contributed by atoms with Crippen LogP contribution in [0.5, 0.6) is 0 Å². The minimum atomic E-state index is -5.05. The third-order valence-corrected chi connectivity index (χ3v) is 9.76. The van der Waals surface area contributed by atoms with Gasteiger partial charge in [-0.05, 0) is 55.0 Å². The molecule has 0 heterocycles. The maximum absolute atomic E-state index is 13.1. The van der Waals surface area contributed by atoms with Gasteiger partial charge in [-0.25, -0.2) is 9.13 Å². The van der Waals surface area contributed by atoms with E-state index in [0.717, 1.165) is 22.3 Å². The van der Waals surface area contributed by atoms with Gasteiger partial charge < -0.3 is 40.0 Å². The number of benzene rings is 2. The van der Waals surface area contributed by atoms with Crippen molar-refractivity contribution in [1.29, 1.82) is 0 Å². The molecule has 0 saturated carbocycles. The Hall–Kier alpha value is -1.46. The van der Waals surface area contributed by atoms with E-state index in [-0.39, 0.29) is 21.7 Å². The van der Waals surface area contributed by atoms with Crippen molar-refractivity contribution in [2.75, 3.05) is 19.8 Å². The lowest BCUT2D eigenvalue weighted by Crippen LogP contribution is -2.55. The van der Waals surface area contributed by atoms with Crippen molar-refractivity contribution in [2.45, 2.75) is 110 Å². The third kappa shape index (κ3) is 10.3. The second kappa shape index (κ2) is 14.2. The van der Waals surface area contributed by atoms with Crippen LogP contribution in [0.25, 0.3) is 0 Å². The molecule has 0 aliphatic carbocycles. The standard InChI is InChI=1S/C33H52O4.H4O7P2/c1-28(2,3)22-13-15-24(26(17-22)30(7,8)9)33(37,32(19-34,20-35)21-36)25-16-14-23(29(4,5)6)18-27(25)31(10,11)12;1-8(2,3)7-9(4,5)6/h13-18,34-37H,19-21H2,1-12H3;(H2,1,2,3)(H2,4,5,6). The first kappa shape index (κ1) is 42.6. The third-order valence-electron chi connectivity index (χ3n) is 8.06. The molecular weight excluding hydrogens is 634 g/mol. The molecule has 264 valence electrons. The van der Waals surface area contributed by atoms with Crippen LogP contribution in [0.1, 0.15) is 116 Å². The fourth-order valence-corrected chi connectivity index (χ4v) is 6.35. The van der Waals surface area contributed by atoms with Gasteiger partial charge in [-0.2, -0.15) is 4.31 Å². The highest BCUT2D eigenvalue weighted by molar-refractivity contribution is 7.60. The van der Waals surface area contributed by atoms with E-state index >= 15 is 0 Å². The molecule has 0 aromatic heterocycles. The molecule has 0 radical (unpaired) electrons. The Balaban J connectivity index is 0.00000102. The van der Waals surface area contributed by atoms with Gasteiger partial charge in [0, 0.05) is 0 Å². The molecule has 2 aromatic carbocycles. The Morgan fingerprint density at radius 1 is 0.522 bits per heavy atom. The van der Waals surface area contributed by atoms with E-state index in [2.05, 4.69) is 99.5 Å². The van der Waals surface area contributed by atoms with Gasteiger partial charge in [-0.3, -0.25) is 0 Å². The van der Waals surface area contributed by atoms with Crippen molar-refractivity contribution in [2.24, 2.45) is 5.41 Å². The number of aliphatic hydroxyl groups excluding tert-OH is 3. The van der Waals surface area contributed by atoms with Crippen LogP contribution in [-0.4, -0.2) is 59.8 Å². The molecule has 2 rings (SSSR count). The Bertz CT molecular complexity index is 1320. The van der Waals surface area contributed by atoms with Crippen LogP contribution in [-0.2, 0) is 40.7 Å². The summed E-state index contributed by atoms with van der Waals surface area (Å²) >= 11 is 0. The van der Waals surface area contributed by atoms with Crippen LogP contribution < -0.4 is 0 Å². The molecule has 11 nitrogen and oxygen atoms in total. The van der Waals surface area contributed by atoms with E-state index in [1.165, 1.54) is 0 Å². The Labute approximate surface area is 274 Å². The summed E-state index contributed by atoms with van der Waals surface area (Å²) in [6.45, 7) is 23.8. The summed E-state index contributed by atoms with van der Waals surface area (Å²) in [5, 5.41) is 45.2. The minimum Gasteiger partial charge on any atom is -0.395 e. The van der Waals surface area contributed by atoms with Crippen molar-refractivity contribution in [3.63, 3.8) is 0 Å². The van der Waals surface area contributed by atoms with E-state index in [0.29, 0.717) is 11.1 Å². The molecule has 0 aliphatic heterocycles. The fraction of sp³-hybridized carbons (Fsp3) is 0.636. The zero-order valence-corrected chi connectivity index (χ0v) is 31.1. The second-order valence-corrected chi connectivity index (χ2v) is 18.7. The van der Waals surface area contributed by atoms with Crippen molar-refractivity contribution in [1.82, 2.24) is 0 Å². The molecular formula is C33H56O11P2. The highest BCUT2D eigenvalue weighted by Gasteiger charge is 2.55. The summed E-state index contributed by atoms with van der Waals surface area (Å²) < 4.78 is 22.2. The molecule has 8 N–H and O–H groups in total. The van der Waals surface area contributed by atoms with Crippen LogP contribution in [0, 0.1) is 5.41 Å². The summed E-state index contributed by atoms with van der Waals surface area (Å²) in [5.74, 6) is 0. The average molecular weight is 691 g/mol. The summed E-state index contributed by atoms with van der Waals surface area (Å²) in [6, 6.07) is 12.2. The highest BCUT2D eigenvalue weighted by Crippen LogP contribution is 2.54. The van der Waals surface area contributed by atoms with Gasteiger partial charge in [0.05, 0.1) is 25.2 Å². The summed E-state index contributed by atoms with van der Waals surface area (Å²) in [6.07, 6.45) is 0. The Morgan fingerprint density at radius 3 is 0.978 bits per heavy atom. The predicted octanol–water partition coefficient (Wildman–Crippen LogP) is 5.26. The largest absolute Gasteiger partial charge is 0.478 e. The van der Waals surface area contributed by atoms with Gasteiger partial charge in [0.25, 0.3) is 0 Å². The summed E-state index contributed by atoms with van der Waals surface area (Å²) in [7, 11) is -10.1. The van der Waals surface area contributed by atoms with Gasteiger partial charge in [0.2, 0.25) is 0 Å². The zero-order valence-electron chi connectivity index (χ0n) is 29.3. The summed E-state index contributed by atoms with van der Waals surface area (Å²) in [4.78, 5) is 31.0. The second-order valence-electron chi connectivity index (χ2n) is 16.0. The lowest BCUT2D eigenvalue weighted by Gasteiger charge is -2.49. The van der Waals surface area contributed by atoms with Gasteiger partial charge in [-0.15, -0.1) is 0 Å². The van der Waals surface area contributed by atoms with Gasteiger partial charge >= 0.3 is 15.6 Å². The predicted molar refractivity (Wildman–Crippen MR) is 180 cm³/mol. The van der Waals surface area contributed by atoms with E-state index in [4.69, 9.17) is 19.6 Å². The zero-order chi connectivity index (χ0) is 36.5. The molecule has 0 amide bonds. The number of aliphatic hydroxyl groups is 4. The normalized spacial score (nSPS) is 14.2. The molecule has 0 spiro atoms. The van der Waals surface area contributed by atoms with Crippen LogP contribution in [0.15, 0.2) is 36.4 Å². The molecule has 46 heavy (non-hydrogen) atoms. The Morgan fingerprint density at radius 2 is 0.804 bits per heavy atom. The SMILES string of the molecule is CC(C)(C)c1ccc(C(O)(c2ccc(C(C)(C)C)cc2C(C)(C)C)C(CO)(CO)CO)c(C(C)(C)C)c1.O=P(O)(O)OP(=O)(O)O. The molecule has 0 fully saturated rings. The van der Waals surface area contributed by atoms with Gasteiger partial charge in [0.1, 0.15) is 5.60 Å². The van der Waals surface area contributed by atoms with E-state index < -0.39 is 46.5 Å². The first-order valence-electron chi connectivity index (χ1n) is 15.0. The fourth-order valence-electron chi connectivity index (χ4n) is 5.24. The van der Waals surface area contributed by atoms with Crippen molar-refractivity contribution in [3.8, 4) is 0 Å². The molecule has 0 bridgehead atoms. The number of hydrogen-bond donors (Lipinski definition) is 8. The molecule has 0 unspecified atom stereocenters. The summed E-state index contributed by atoms with van der Waals surface area (Å²) in [5.41, 5.74) is 0.863. The molecule has 2 aromatic rings. The smallest absolute Gasteiger partial charge is 0.395 e. The highest BCUT2D eigenvalue weighted by atomic mass is 31.3. The van der Waals surface area contributed by atoms with Crippen molar-refractivity contribution >= 4 is 15.6 Å². The number of hydrogen-bond acceptors (Lipinski definition) is 7. The van der Waals surface area contributed by atoms with Crippen LogP contribution in [0.3, 0.4) is 0 Å². The maximum Gasteiger partial charge on any atom is 0.478 e. The monoisotopic (exact) mass is 690 g/mol. The minimum absolute atomic E-state index is 0.108. The van der Waals surface area contributed by atoms with Crippen molar-refractivity contribution in [3.05, 3.63) is 69.8 Å². The van der Waals surface area contributed by atoms with E-state index in [1.807, 2.05) is 24.3 Å². The first-order chi connectivity index (χ1) is 20.3. The van der Waals surface area contributed by atoms with Gasteiger partial charge in [-0.1, -0.05) is 119 Å². The number of phosphoric acid groups is 2. The molecule has 0 aliphatic rings. The molecule has 13 heteroatoms. The van der Waals surface area contributed by atoms with Gasteiger partial charge in [0.15, 0.2) is 0 Å². The van der Waals surface area contributed by atoms with Crippen molar-refractivity contribution < 1.29 is 53.4 Å². The average Bonchev–Trinajstić information content (AvgIpc) is 2.85. The lowest BCUT2D eigenvalue weighted by atomic mass is 9.60. The maximum atomic E-state index is 13.1. The number of rotatable bonds is 8. The van der Waals surface area contributed by atoms with E-state index in [9.17, 15) is 29.6 Å². The van der Waals surface area contributed by atoms with Crippen LogP contribution in [0.2, 0.25) is 0 Å². The molecule has 0 saturated heterocycles.